The number of hydrogen-bond donors (Lipinski definition) is 1. The van der Waals surface area contributed by atoms with E-state index in [0.29, 0.717) is 5.41 Å². The molecule has 1 N–H and O–H groups in total. The smallest absolute Gasteiger partial charge is 0.138 e. The van der Waals surface area contributed by atoms with Gasteiger partial charge in [0.05, 0.1) is 0 Å². The minimum absolute atomic E-state index is 0.447. The highest BCUT2D eigenvalue weighted by atomic mass is 15.3. The number of aromatic nitrogens is 3. The molecule has 0 amide bonds. The number of rotatable bonds is 6. The van der Waals surface area contributed by atoms with Crippen LogP contribution in [0.5, 0.6) is 0 Å². The molecule has 2 saturated carbocycles. The van der Waals surface area contributed by atoms with E-state index in [2.05, 4.69) is 27.0 Å². The Hall–Kier alpha value is -0.900. The molecule has 4 heteroatoms. The molecule has 0 aromatic carbocycles. The maximum Gasteiger partial charge on any atom is 0.138 e. The van der Waals surface area contributed by atoms with Crippen molar-refractivity contribution in [3.05, 3.63) is 12.2 Å². The molecular weight excluding hydrogens is 224 g/mol. The molecule has 0 spiro atoms. The van der Waals surface area contributed by atoms with Crippen molar-refractivity contribution in [3.63, 3.8) is 0 Å². The zero-order chi connectivity index (χ0) is 12.4. The average molecular weight is 248 g/mol. The van der Waals surface area contributed by atoms with Gasteiger partial charge in [-0.15, -0.1) is 0 Å². The first-order valence-corrected chi connectivity index (χ1v) is 7.41. The van der Waals surface area contributed by atoms with Crippen LogP contribution in [-0.4, -0.2) is 27.4 Å². The number of nitrogens with one attached hydrogen (secondary N) is 1. The summed E-state index contributed by atoms with van der Waals surface area (Å²) in [6.07, 6.45) is 11.0. The van der Waals surface area contributed by atoms with Crippen molar-refractivity contribution in [2.45, 2.75) is 64.5 Å². The molecule has 2 aliphatic rings. The predicted molar refractivity (Wildman–Crippen MR) is 71.3 cm³/mol. The van der Waals surface area contributed by atoms with Crippen LogP contribution in [-0.2, 0) is 13.0 Å². The molecular formula is C14H24N4. The van der Waals surface area contributed by atoms with Gasteiger partial charge in [-0.1, -0.05) is 12.8 Å². The number of nitrogens with zero attached hydrogens (tertiary/aromatic N) is 3. The van der Waals surface area contributed by atoms with Crippen LogP contribution in [0.3, 0.4) is 0 Å². The second-order valence-electron chi connectivity index (χ2n) is 6.03. The third-order valence-corrected chi connectivity index (χ3v) is 4.54. The highest BCUT2D eigenvalue weighted by Crippen LogP contribution is 2.40. The van der Waals surface area contributed by atoms with E-state index >= 15 is 0 Å². The highest BCUT2D eigenvalue weighted by molar-refractivity contribution is 4.99. The summed E-state index contributed by atoms with van der Waals surface area (Å²) in [6.45, 7) is 4.25. The van der Waals surface area contributed by atoms with E-state index in [0.717, 1.165) is 19.0 Å². The van der Waals surface area contributed by atoms with Crippen LogP contribution in [0.1, 0.15) is 51.3 Å². The fourth-order valence-corrected chi connectivity index (χ4v) is 3.21. The van der Waals surface area contributed by atoms with Gasteiger partial charge in [0.1, 0.15) is 12.2 Å². The average Bonchev–Trinajstić information content (AvgIpc) is 2.93. The Bertz CT molecular complexity index is 388. The Morgan fingerprint density at radius 1 is 1.39 bits per heavy atom. The van der Waals surface area contributed by atoms with Crippen molar-refractivity contribution in [1.82, 2.24) is 20.1 Å². The summed E-state index contributed by atoms with van der Waals surface area (Å²) in [7, 11) is 0. The quantitative estimate of drug-likeness (QED) is 0.839. The number of aryl methyl sites for hydroxylation is 1. The van der Waals surface area contributed by atoms with Crippen molar-refractivity contribution in [1.29, 1.82) is 0 Å². The molecule has 0 radical (unpaired) electrons. The maximum atomic E-state index is 4.46. The lowest BCUT2D eigenvalue weighted by Gasteiger charge is -2.29. The zero-order valence-corrected chi connectivity index (χ0v) is 11.4. The standard InChI is InChI=1S/C14H24N4/c1-2-18-13(16-11-17-18)9-14(7-3-4-8-14)10-15-12-5-6-12/h11-12,15H,2-10H2,1H3. The summed E-state index contributed by atoms with van der Waals surface area (Å²) in [4.78, 5) is 4.46. The molecule has 0 bridgehead atoms. The number of hydrogen-bond acceptors (Lipinski definition) is 3. The Kier molecular flexibility index (Phi) is 3.37. The molecule has 1 heterocycles. The zero-order valence-electron chi connectivity index (χ0n) is 11.4. The van der Waals surface area contributed by atoms with Gasteiger partial charge in [0.2, 0.25) is 0 Å². The third kappa shape index (κ3) is 2.58. The van der Waals surface area contributed by atoms with Crippen LogP contribution in [0.4, 0.5) is 0 Å². The third-order valence-electron chi connectivity index (χ3n) is 4.54. The summed E-state index contributed by atoms with van der Waals surface area (Å²) < 4.78 is 2.05. The van der Waals surface area contributed by atoms with Crippen molar-refractivity contribution < 1.29 is 0 Å². The van der Waals surface area contributed by atoms with Crippen LogP contribution in [0.15, 0.2) is 6.33 Å². The molecule has 1 aromatic heterocycles. The molecule has 0 atom stereocenters. The highest BCUT2D eigenvalue weighted by Gasteiger charge is 2.36. The van der Waals surface area contributed by atoms with Gasteiger partial charge in [0.25, 0.3) is 0 Å². The summed E-state index contributed by atoms with van der Waals surface area (Å²) in [6, 6.07) is 0.812. The van der Waals surface area contributed by atoms with Gasteiger partial charge >= 0.3 is 0 Å². The van der Waals surface area contributed by atoms with E-state index in [1.807, 2.05) is 0 Å². The Morgan fingerprint density at radius 2 is 2.17 bits per heavy atom. The molecule has 4 nitrogen and oxygen atoms in total. The SMILES string of the molecule is CCn1ncnc1CC1(CNC2CC2)CCCC1. The molecule has 100 valence electrons. The molecule has 2 aliphatic carbocycles. The van der Waals surface area contributed by atoms with Crippen LogP contribution in [0.2, 0.25) is 0 Å². The Balaban J connectivity index is 1.68. The van der Waals surface area contributed by atoms with Gasteiger partial charge in [0.15, 0.2) is 0 Å². The fourth-order valence-electron chi connectivity index (χ4n) is 3.21. The van der Waals surface area contributed by atoms with E-state index in [4.69, 9.17) is 0 Å². The van der Waals surface area contributed by atoms with E-state index in [9.17, 15) is 0 Å². The minimum Gasteiger partial charge on any atom is -0.313 e. The van der Waals surface area contributed by atoms with Crippen molar-refractivity contribution in [2.24, 2.45) is 5.41 Å². The molecule has 2 fully saturated rings. The van der Waals surface area contributed by atoms with Gasteiger partial charge < -0.3 is 5.32 Å². The monoisotopic (exact) mass is 248 g/mol. The molecule has 0 unspecified atom stereocenters. The molecule has 0 aliphatic heterocycles. The van der Waals surface area contributed by atoms with Crippen molar-refractivity contribution in [3.8, 4) is 0 Å². The van der Waals surface area contributed by atoms with Crippen LogP contribution < -0.4 is 5.32 Å². The normalized spacial score (nSPS) is 22.5. The van der Waals surface area contributed by atoms with Gasteiger partial charge in [-0.2, -0.15) is 5.10 Å². The first kappa shape index (κ1) is 12.2. The molecule has 3 rings (SSSR count). The van der Waals surface area contributed by atoms with Crippen molar-refractivity contribution in [2.75, 3.05) is 6.54 Å². The van der Waals surface area contributed by atoms with Gasteiger partial charge in [-0.25, -0.2) is 4.98 Å². The van der Waals surface area contributed by atoms with E-state index in [1.165, 1.54) is 50.9 Å². The van der Waals surface area contributed by atoms with Gasteiger partial charge in [0, 0.05) is 25.6 Å². The fraction of sp³-hybridized carbons (Fsp3) is 0.857. The minimum atomic E-state index is 0.447. The second kappa shape index (κ2) is 5.00. The largest absolute Gasteiger partial charge is 0.313 e. The van der Waals surface area contributed by atoms with E-state index in [-0.39, 0.29) is 0 Å². The van der Waals surface area contributed by atoms with Crippen LogP contribution in [0, 0.1) is 5.41 Å². The topological polar surface area (TPSA) is 42.7 Å². The predicted octanol–water partition coefficient (Wildman–Crippen LogP) is 2.15. The lowest BCUT2D eigenvalue weighted by Crippen LogP contribution is -2.36. The first-order chi connectivity index (χ1) is 8.81. The molecule has 18 heavy (non-hydrogen) atoms. The summed E-state index contributed by atoms with van der Waals surface area (Å²) in [5, 5.41) is 8.03. The summed E-state index contributed by atoms with van der Waals surface area (Å²) in [5.74, 6) is 1.18. The van der Waals surface area contributed by atoms with E-state index < -0.39 is 0 Å². The van der Waals surface area contributed by atoms with Crippen LogP contribution >= 0.6 is 0 Å². The van der Waals surface area contributed by atoms with Gasteiger partial charge in [-0.3, -0.25) is 4.68 Å². The lowest BCUT2D eigenvalue weighted by atomic mass is 9.82. The molecule has 0 saturated heterocycles. The second-order valence-corrected chi connectivity index (χ2v) is 6.03. The summed E-state index contributed by atoms with van der Waals surface area (Å²) in [5.41, 5.74) is 0.447. The maximum absolute atomic E-state index is 4.46. The lowest BCUT2D eigenvalue weighted by molar-refractivity contribution is 0.266. The molecule has 1 aromatic rings. The van der Waals surface area contributed by atoms with Crippen LogP contribution in [0.25, 0.3) is 0 Å². The summed E-state index contributed by atoms with van der Waals surface area (Å²) >= 11 is 0. The van der Waals surface area contributed by atoms with E-state index in [1.54, 1.807) is 6.33 Å². The Morgan fingerprint density at radius 3 is 2.83 bits per heavy atom. The van der Waals surface area contributed by atoms with Crippen molar-refractivity contribution >= 4 is 0 Å². The van der Waals surface area contributed by atoms with Gasteiger partial charge in [-0.05, 0) is 38.0 Å². The first-order valence-electron chi connectivity index (χ1n) is 7.41. The Labute approximate surface area is 109 Å².